The maximum Gasteiger partial charge on any atom is 0.261 e. The van der Waals surface area contributed by atoms with Gasteiger partial charge in [0.25, 0.3) is 5.91 Å². The molecule has 0 spiro atoms. The third-order valence-corrected chi connectivity index (χ3v) is 5.99. The SMILES string of the molecule is Cc1cc(C)c2sc(N(CCN(C)C)C(=O)c3ccc(Cl)cc3Cl)nc2c1.Cl. The summed E-state index contributed by atoms with van der Waals surface area (Å²) in [5, 5.41) is 1.52. The summed E-state index contributed by atoms with van der Waals surface area (Å²) < 4.78 is 1.10. The molecule has 0 saturated heterocycles. The molecule has 2 aromatic carbocycles. The molecule has 0 N–H and O–H groups in total. The van der Waals surface area contributed by atoms with E-state index < -0.39 is 0 Å². The molecule has 0 aliphatic rings. The summed E-state index contributed by atoms with van der Waals surface area (Å²) in [4.78, 5) is 21.7. The summed E-state index contributed by atoms with van der Waals surface area (Å²) in [7, 11) is 3.95. The Morgan fingerprint density at radius 1 is 1.11 bits per heavy atom. The molecular formula is C20H22Cl3N3OS. The zero-order chi connectivity index (χ0) is 19.7. The Morgan fingerprint density at radius 3 is 2.46 bits per heavy atom. The monoisotopic (exact) mass is 457 g/mol. The van der Waals surface area contributed by atoms with Crippen LogP contribution in [0.4, 0.5) is 5.13 Å². The van der Waals surface area contributed by atoms with E-state index in [1.807, 2.05) is 32.0 Å². The van der Waals surface area contributed by atoms with Gasteiger partial charge >= 0.3 is 0 Å². The van der Waals surface area contributed by atoms with Gasteiger partial charge < -0.3 is 4.90 Å². The second kappa shape index (κ2) is 9.42. The maximum absolute atomic E-state index is 13.3. The minimum absolute atomic E-state index is 0. The fourth-order valence-electron chi connectivity index (χ4n) is 2.87. The number of likely N-dealkylation sites (N-methyl/N-ethyl adjacent to an activating group) is 1. The van der Waals surface area contributed by atoms with Crippen LogP contribution < -0.4 is 4.90 Å². The highest BCUT2D eigenvalue weighted by Gasteiger charge is 2.23. The van der Waals surface area contributed by atoms with E-state index in [4.69, 9.17) is 28.2 Å². The van der Waals surface area contributed by atoms with Crippen LogP contribution in [0.1, 0.15) is 21.5 Å². The smallest absolute Gasteiger partial charge is 0.261 e. The minimum atomic E-state index is -0.174. The molecular weight excluding hydrogens is 437 g/mol. The average molecular weight is 459 g/mol. The number of hydrogen-bond donors (Lipinski definition) is 0. The van der Waals surface area contributed by atoms with Gasteiger partial charge in [0.15, 0.2) is 5.13 Å². The highest BCUT2D eigenvalue weighted by atomic mass is 35.5. The van der Waals surface area contributed by atoms with Crippen LogP contribution in [-0.4, -0.2) is 43.0 Å². The number of anilines is 1. The predicted octanol–water partition coefficient (Wildman–Crippen LogP) is 5.85. The van der Waals surface area contributed by atoms with Crippen molar-refractivity contribution in [2.45, 2.75) is 13.8 Å². The fourth-order valence-corrected chi connectivity index (χ4v) is 4.40. The molecule has 0 aliphatic heterocycles. The van der Waals surface area contributed by atoms with Crippen molar-refractivity contribution in [2.24, 2.45) is 0 Å². The van der Waals surface area contributed by atoms with Gasteiger partial charge in [-0.3, -0.25) is 9.69 Å². The summed E-state index contributed by atoms with van der Waals surface area (Å²) in [6.07, 6.45) is 0. The van der Waals surface area contributed by atoms with Crippen molar-refractivity contribution >= 4 is 68.2 Å². The van der Waals surface area contributed by atoms with Gasteiger partial charge in [-0.2, -0.15) is 0 Å². The number of nitrogens with zero attached hydrogens (tertiary/aromatic N) is 3. The Kier molecular flexibility index (Phi) is 7.71. The van der Waals surface area contributed by atoms with Gasteiger partial charge in [0.1, 0.15) is 0 Å². The van der Waals surface area contributed by atoms with Crippen LogP contribution >= 0.6 is 46.9 Å². The summed E-state index contributed by atoms with van der Waals surface area (Å²) in [6.45, 7) is 5.35. The van der Waals surface area contributed by atoms with Gasteiger partial charge in [0, 0.05) is 18.1 Å². The largest absolute Gasteiger partial charge is 0.308 e. The number of thiazole rings is 1. The van der Waals surface area contributed by atoms with Crippen molar-refractivity contribution in [2.75, 3.05) is 32.1 Å². The molecule has 1 amide bonds. The fraction of sp³-hybridized carbons (Fsp3) is 0.300. The molecule has 1 heterocycles. The lowest BCUT2D eigenvalue weighted by Crippen LogP contribution is -2.36. The molecule has 0 atom stereocenters. The minimum Gasteiger partial charge on any atom is -0.308 e. The number of rotatable bonds is 5. The van der Waals surface area contributed by atoms with Gasteiger partial charge in [-0.1, -0.05) is 40.6 Å². The maximum atomic E-state index is 13.3. The van der Waals surface area contributed by atoms with Crippen molar-refractivity contribution in [3.05, 3.63) is 57.1 Å². The van der Waals surface area contributed by atoms with E-state index in [9.17, 15) is 4.79 Å². The van der Waals surface area contributed by atoms with Gasteiger partial charge in [0.05, 0.1) is 20.8 Å². The zero-order valence-corrected chi connectivity index (χ0v) is 19.3. The molecule has 0 fully saturated rings. The lowest BCUT2D eigenvalue weighted by molar-refractivity contribution is 0.0985. The van der Waals surface area contributed by atoms with E-state index >= 15 is 0 Å². The van der Waals surface area contributed by atoms with Crippen molar-refractivity contribution in [1.82, 2.24) is 9.88 Å². The first kappa shape index (κ1) is 22.9. The Hall–Kier alpha value is -1.37. The Morgan fingerprint density at radius 2 is 1.82 bits per heavy atom. The third kappa shape index (κ3) is 4.97. The number of aryl methyl sites for hydroxylation is 2. The van der Waals surface area contributed by atoms with E-state index in [2.05, 4.69) is 13.0 Å². The molecule has 0 radical (unpaired) electrons. The van der Waals surface area contributed by atoms with Crippen LogP contribution in [-0.2, 0) is 0 Å². The lowest BCUT2D eigenvalue weighted by Gasteiger charge is -2.22. The zero-order valence-electron chi connectivity index (χ0n) is 16.1. The highest BCUT2D eigenvalue weighted by Crippen LogP contribution is 2.33. The predicted molar refractivity (Wildman–Crippen MR) is 123 cm³/mol. The number of hydrogen-bond acceptors (Lipinski definition) is 4. The lowest BCUT2D eigenvalue weighted by atomic mass is 10.1. The number of carbonyl (C=O) groups is 1. The summed E-state index contributed by atoms with van der Waals surface area (Å²) in [5.74, 6) is -0.174. The average Bonchev–Trinajstić information content (AvgIpc) is 2.98. The number of aromatic nitrogens is 1. The molecule has 4 nitrogen and oxygen atoms in total. The number of fused-ring (bicyclic) bond motifs is 1. The molecule has 0 saturated carbocycles. The van der Waals surface area contributed by atoms with Crippen LogP contribution in [0.2, 0.25) is 10.0 Å². The topological polar surface area (TPSA) is 36.4 Å². The standard InChI is InChI=1S/C20H21Cl2N3OS.ClH/c1-12-9-13(2)18-17(10-12)23-20(27-18)25(8-7-24(3)4)19(26)15-6-5-14(21)11-16(15)22;/h5-6,9-11H,7-8H2,1-4H3;1H. The van der Waals surface area contributed by atoms with Crippen molar-refractivity contribution in [1.29, 1.82) is 0 Å². The van der Waals surface area contributed by atoms with Gasteiger partial charge in [-0.05, 0) is 63.3 Å². The van der Waals surface area contributed by atoms with Crippen LogP contribution in [0.15, 0.2) is 30.3 Å². The first-order chi connectivity index (χ1) is 12.8. The molecule has 8 heteroatoms. The van der Waals surface area contributed by atoms with Crippen LogP contribution in [0.3, 0.4) is 0 Å². The first-order valence-electron chi connectivity index (χ1n) is 8.55. The molecule has 0 bridgehead atoms. The van der Waals surface area contributed by atoms with Crippen LogP contribution in [0, 0.1) is 13.8 Å². The van der Waals surface area contributed by atoms with E-state index in [0.717, 1.165) is 15.8 Å². The Labute approximate surface area is 185 Å². The van der Waals surface area contributed by atoms with Crippen molar-refractivity contribution in [3.8, 4) is 0 Å². The highest BCUT2D eigenvalue weighted by molar-refractivity contribution is 7.22. The van der Waals surface area contributed by atoms with Gasteiger partial charge in [-0.25, -0.2) is 4.98 Å². The van der Waals surface area contributed by atoms with Gasteiger partial charge in [-0.15, -0.1) is 12.4 Å². The Bertz CT molecular complexity index is 1000. The van der Waals surface area contributed by atoms with Crippen molar-refractivity contribution < 1.29 is 4.79 Å². The Balaban J connectivity index is 0.00000280. The van der Waals surface area contributed by atoms with E-state index in [1.165, 1.54) is 16.9 Å². The van der Waals surface area contributed by atoms with Crippen LogP contribution in [0.5, 0.6) is 0 Å². The number of amides is 1. The number of carbonyl (C=O) groups excluding carboxylic acids is 1. The summed E-state index contributed by atoms with van der Waals surface area (Å²) in [5.41, 5.74) is 3.66. The van der Waals surface area contributed by atoms with E-state index in [0.29, 0.717) is 33.8 Å². The molecule has 0 unspecified atom stereocenters. The summed E-state index contributed by atoms with van der Waals surface area (Å²) >= 11 is 13.8. The number of benzene rings is 2. The van der Waals surface area contributed by atoms with Crippen molar-refractivity contribution in [3.63, 3.8) is 0 Å². The molecule has 150 valence electrons. The molecule has 3 aromatic rings. The first-order valence-corrected chi connectivity index (χ1v) is 10.1. The van der Waals surface area contributed by atoms with Gasteiger partial charge in [0.2, 0.25) is 0 Å². The molecule has 28 heavy (non-hydrogen) atoms. The second-order valence-corrected chi connectivity index (χ2v) is 8.63. The van der Waals surface area contributed by atoms with E-state index in [-0.39, 0.29) is 18.3 Å². The molecule has 1 aromatic heterocycles. The normalized spacial score (nSPS) is 11.0. The summed E-state index contributed by atoms with van der Waals surface area (Å²) in [6, 6.07) is 9.11. The molecule has 3 rings (SSSR count). The van der Waals surface area contributed by atoms with E-state index in [1.54, 1.807) is 23.1 Å². The van der Waals surface area contributed by atoms with Crippen LogP contribution in [0.25, 0.3) is 10.2 Å². The molecule has 0 aliphatic carbocycles. The quantitative estimate of drug-likeness (QED) is 0.481. The third-order valence-electron chi connectivity index (χ3n) is 4.22. The second-order valence-electron chi connectivity index (χ2n) is 6.81. The number of halogens is 3.